The van der Waals surface area contributed by atoms with Crippen molar-refractivity contribution in [2.75, 3.05) is 0 Å². The van der Waals surface area contributed by atoms with Crippen molar-refractivity contribution >= 4 is 43.5 Å². The second kappa shape index (κ2) is 15.2. The quantitative estimate of drug-likeness (QED) is 0.151. The zero-order valence-corrected chi connectivity index (χ0v) is 34.1. The predicted octanol–water partition coefficient (Wildman–Crippen LogP) is 14.7. The molecule has 0 radical (unpaired) electrons. The third kappa shape index (κ3) is 6.42. The van der Waals surface area contributed by atoms with Gasteiger partial charge in [-0.05, 0) is 76.9 Å². The average molecular weight is 804 g/mol. The van der Waals surface area contributed by atoms with E-state index in [9.17, 15) is 0 Å². The van der Waals surface area contributed by atoms with Gasteiger partial charge in [0, 0.05) is 55.5 Å². The van der Waals surface area contributed by atoms with Crippen LogP contribution >= 0.6 is 0 Å². The molecule has 63 heavy (non-hydrogen) atoms. The summed E-state index contributed by atoms with van der Waals surface area (Å²) in [6.45, 7) is 0. The first-order chi connectivity index (χ1) is 31.2. The largest absolute Gasteiger partial charge is 0.309 e. The molecule has 0 aliphatic carbocycles. The molecule has 0 aliphatic heterocycles. The second-order valence-electron chi connectivity index (χ2n) is 15.8. The molecule has 0 fully saturated rings. The zero-order chi connectivity index (χ0) is 41.7. The van der Waals surface area contributed by atoms with Gasteiger partial charge >= 0.3 is 0 Å². The molecule has 0 bridgehead atoms. The number of aromatic nitrogens is 5. The molecule has 0 unspecified atom stereocenters. The minimum absolute atomic E-state index is 0.656. The van der Waals surface area contributed by atoms with Gasteiger partial charge in [-0.3, -0.25) is 4.98 Å². The van der Waals surface area contributed by atoms with Crippen molar-refractivity contribution in [1.82, 2.24) is 24.5 Å². The van der Waals surface area contributed by atoms with Gasteiger partial charge < -0.3 is 4.57 Å². The number of nitrogens with zero attached hydrogens (tertiary/aromatic N) is 5. The van der Waals surface area contributed by atoms with Crippen LogP contribution in [0.15, 0.2) is 225 Å². The molecule has 5 heteroatoms. The van der Waals surface area contributed by atoms with Crippen LogP contribution in [0.1, 0.15) is 0 Å². The van der Waals surface area contributed by atoms with Crippen molar-refractivity contribution < 1.29 is 0 Å². The minimum atomic E-state index is 0.656. The third-order valence-corrected chi connectivity index (χ3v) is 12.1. The molecule has 0 amide bonds. The van der Waals surface area contributed by atoms with Crippen LogP contribution in [0.25, 0.3) is 117 Å². The number of benzene rings is 8. The van der Waals surface area contributed by atoms with E-state index in [0.717, 1.165) is 83.7 Å². The number of hydrogen-bond donors (Lipinski definition) is 0. The number of rotatable bonds is 7. The monoisotopic (exact) mass is 803 g/mol. The Hall–Kier alpha value is -8.54. The first-order valence-corrected chi connectivity index (χ1v) is 21.2. The Morgan fingerprint density at radius 2 is 0.937 bits per heavy atom. The maximum absolute atomic E-state index is 5.33. The Balaban J connectivity index is 0.923. The van der Waals surface area contributed by atoms with E-state index >= 15 is 0 Å². The molecule has 8 aromatic carbocycles. The topological polar surface area (TPSA) is 56.5 Å². The van der Waals surface area contributed by atoms with E-state index in [1.165, 1.54) is 27.2 Å². The highest BCUT2D eigenvalue weighted by Crippen LogP contribution is 2.42. The number of hydrogen-bond acceptors (Lipinski definition) is 4. The van der Waals surface area contributed by atoms with E-state index < -0.39 is 0 Å². The molecule has 4 aromatic heterocycles. The van der Waals surface area contributed by atoms with Gasteiger partial charge in [-0.25, -0.2) is 15.0 Å². The van der Waals surface area contributed by atoms with E-state index in [4.69, 9.17) is 15.0 Å². The highest BCUT2D eigenvalue weighted by atomic mass is 15.0. The summed E-state index contributed by atoms with van der Waals surface area (Å²) in [5, 5.41) is 5.98. The van der Waals surface area contributed by atoms with Crippen molar-refractivity contribution in [3.63, 3.8) is 0 Å². The SMILES string of the molecule is c1ccc(-c2cccc(-c3nc(-c4ccc(-c5ccc(-c6nc7ccccc7c7c6ccc6c7c7ccccc7n6-c6ccccc6)cc5)cc4)cc(-c4ccccn4)n3)c2)cc1. The minimum Gasteiger partial charge on any atom is -0.309 e. The Labute approximate surface area is 364 Å². The van der Waals surface area contributed by atoms with Crippen molar-refractivity contribution in [3.8, 4) is 73.2 Å². The maximum atomic E-state index is 5.33. The van der Waals surface area contributed by atoms with Crippen molar-refractivity contribution in [2.45, 2.75) is 0 Å². The van der Waals surface area contributed by atoms with Crippen LogP contribution in [-0.4, -0.2) is 24.5 Å². The lowest BCUT2D eigenvalue weighted by Gasteiger charge is -2.13. The van der Waals surface area contributed by atoms with E-state index in [1.54, 1.807) is 6.20 Å². The molecule has 5 nitrogen and oxygen atoms in total. The second-order valence-corrected chi connectivity index (χ2v) is 15.8. The standard InChI is InChI=1S/C58H37N5/c1-3-14-38(15-4-1)43-16-13-17-44(36-43)58-61-51(37-52(62-58)50-23-11-12-35-59-50)41-29-25-39(26-30-41)40-27-31-42(32-28-40)57-48-33-34-54-56(55(48)46-20-7-9-22-49(46)60-57)47-21-8-10-24-53(47)63(54)45-18-5-2-6-19-45/h1-37H. The smallest absolute Gasteiger partial charge is 0.160 e. The fourth-order valence-corrected chi connectivity index (χ4v) is 9.07. The molecule has 0 aliphatic rings. The third-order valence-electron chi connectivity index (χ3n) is 12.1. The van der Waals surface area contributed by atoms with Crippen LogP contribution in [0.4, 0.5) is 0 Å². The fourth-order valence-electron chi connectivity index (χ4n) is 9.07. The Morgan fingerprint density at radius 3 is 1.71 bits per heavy atom. The fraction of sp³-hybridized carbons (Fsp3) is 0. The lowest BCUT2D eigenvalue weighted by Crippen LogP contribution is -1.97. The van der Waals surface area contributed by atoms with Crippen LogP contribution in [0, 0.1) is 0 Å². The van der Waals surface area contributed by atoms with Crippen LogP contribution in [0.2, 0.25) is 0 Å². The van der Waals surface area contributed by atoms with Gasteiger partial charge in [0.25, 0.3) is 0 Å². The first kappa shape index (κ1) is 36.3. The van der Waals surface area contributed by atoms with E-state index in [0.29, 0.717) is 5.82 Å². The molecular weight excluding hydrogens is 767 g/mol. The van der Waals surface area contributed by atoms with Crippen LogP contribution < -0.4 is 0 Å². The van der Waals surface area contributed by atoms with Gasteiger partial charge in [0.15, 0.2) is 5.82 Å². The molecule has 12 rings (SSSR count). The van der Waals surface area contributed by atoms with E-state index in [1.807, 2.05) is 30.3 Å². The molecule has 0 spiro atoms. The van der Waals surface area contributed by atoms with Gasteiger partial charge in [-0.15, -0.1) is 0 Å². The highest BCUT2D eigenvalue weighted by molar-refractivity contribution is 6.29. The molecule has 12 aromatic rings. The van der Waals surface area contributed by atoms with Gasteiger partial charge in [-0.2, -0.15) is 0 Å². The number of fused-ring (bicyclic) bond motifs is 7. The Bertz CT molecular complexity index is 3640. The summed E-state index contributed by atoms with van der Waals surface area (Å²) in [5.41, 5.74) is 15.4. The summed E-state index contributed by atoms with van der Waals surface area (Å²) in [7, 11) is 0. The van der Waals surface area contributed by atoms with Gasteiger partial charge in [0.1, 0.15) is 0 Å². The maximum Gasteiger partial charge on any atom is 0.160 e. The summed E-state index contributed by atoms with van der Waals surface area (Å²) >= 11 is 0. The Morgan fingerprint density at radius 1 is 0.317 bits per heavy atom. The molecular formula is C58H37N5. The van der Waals surface area contributed by atoms with Crippen molar-refractivity contribution in [3.05, 3.63) is 225 Å². The van der Waals surface area contributed by atoms with Gasteiger partial charge in [-0.1, -0.05) is 164 Å². The lowest BCUT2D eigenvalue weighted by atomic mass is 9.95. The molecule has 0 atom stereocenters. The average Bonchev–Trinajstić information content (AvgIpc) is 3.71. The summed E-state index contributed by atoms with van der Waals surface area (Å²) < 4.78 is 2.38. The van der Waals surface area contributed by atoms with Crippen LogP contribution in [0.3, 0.4) is 0 Å². The predicted molar refractivity (Wildman–Crippen MR) is 260 cm³/mol. The molecule has 294 valence electrons. The Kier molecular flexibility index (Phi) is 8.75. The van der Waals surface area contributed by atoms with Crippen LogP contribution in [-0.2, 0) is 0 Å². The van der Waals surface area contributed by atoms with E-state index in [2.05, 4.69) is 198 Å². The molecule has 0 saturated heterocycles. The zero-order valence-electron chi connectivity index (χ0n) is 34.1. The summed E-state index contributed by atoms with van der Waals surface area (Å²) in [4.78, 5) is 20.1. The lowest BCUT2D eigenvalue weighted by molar-refractivity contribution is 1.16. The molecule has 4 heterocycles. The number of pyridine rings is 2. The summed E-state index contributed by atoms with van der Waals surface area (Å²) in [6, 6.07) is 76.6. The normalized spacial score (nSPS) is 11.5. The van der Waals surface area contributed by atoms with Crippen molar-refractivity contribution in [2.24, 2.45) is 0 Å². The van der Waals surface area contributed by atoms with Gasteiger partial charge in [0.2, 0.25) is 0 Å². The van der Waals surface area contributed by atoms with Crippen molar-refractivity contribution in [1.29, 1.82) is 0 Å². The number of para-hydroxylation sites is 3. The molecule has 0 saturated carbocycles. The highest BCUT2D eigenvalue weighted by Gasteiger charge is 2.20. The van der Waals surface area contributed by atoms with E-state index in [-0.39, 0.29) is 0 Å². The van der Waals surface area contributed by atoms with Gasteiger partial charge in [0.05, 0.1) is 39.3 Å². The van der Waals surface area contributed by atoms with Crippen LogP contribution in [0.5, 0.6) is 0 Å². The molecule has 0 N–H and O–H groups in total. The summed E-state index contributed by atoms with van der Waals surface area (Å²) in [6.07, 6.45) is 1.80. The first-order valence-electron chi connectivity index (χ1n) is 21.2. The summed E-state index contributed by atoms with van der Waals surface area (Å²) in [5.74, 6) is 0.656.